The number of aryl methyl sites for hydroxylation is 1. The minimum absolute atomic E-state index is 0.415. The molecule has 88 valence electrons. The third-order valence-corrected chi connectivity index (χ3v) is 2.91. The lowest BCUT2D eigenvalue weighted by Gasteiger charge is -2.11. The molecule has 0 radical (unpaired) electrons. The number of carboxylic acids is 1. The van der Waals surface area contributed by atoms with Crippen LogP contribution in [-0.2, 0) is 11.2 Å². The summed E-state index contributed by atoms with van der Waals surface area (Å²) in [5.41, 5.74) is 2.59. The third kappa shape index (κ3) is 2.25. The standard InChI is InChI=1S/C13H14N2O2/c1-8(13(16)17)7-11-9(2)14-15-12-6-4-3-5-10(11)12/h3-6,8H,7H2,1-2H3,(H,16,17). The predicted molar refractivity (Wildman–Crippen MR) is 64.8 cm³/mol. The van der Waals surface area contributed by atoms with Crippen LogP contribution in [0.25, 0.3) is 10.9 Å². The molecule has 1 aromatic carbocycles. The van der Waals surface area contributed by atoms with Crippen LogP contribution >= 0.6 is 0 Å². The Morgan fingerprint density at radius 2 is 2.06 bits per heavy atom. The normalized spacial score (nSPS) is 12.6. The number of benzene rings is 1. The summed E-state index contributed by atoms with van der Waals surface area (Å²) in [7, 11) is 0. The first kappa shape index (κ1) is 11.5. The average molecular weight is 230 g/mol. The van der Waals surface area contributed by atoms with Crippen LogP contribution in [0.4, 0.5) is 0 Å². The summed E-state index contributed by atoms with van der Waals surface area (Å²) in [5, 5.41) is 18.1. The SMILES string of the molecule is Cc1nnc2ccccc2c1CC(C)C(=O)O. The van der Waals surface area contributed by atoms with E-state index in [9.17, 15) is 4.79 Å². The zero-order valence-corrected chi connectivity index (χ0v) is 9.84. The summed E-state index contributed by atoms with van der Waals surface area (Å²) in [5.74, 6) is -1.20. The van der Waals surface area contributed by atoms with Crippen molar-refractivity contribution < 1.29 is 9.90 Å². The van der Waals surface area contributed by atoms with E-state index in [4.69, 9.17) is 5.11 Å². The highest BCUT2D eigenvalue weighted by Gasteiger charge is 2.16. The number of aliphatic carboxylic acids is 1. The summed E-state index contributed by atoms with van der Waals surface area (Å²) in [6, 6.07) is 7.67. The maximum Gasteiger partial charge on any atom is 0.306 e. The molecule has 1 N–H and O–H groups in total. The lowest BCUT2D eigenvalue weighted by molar-refractivity contribution is -0.141. The monoisotopic (exact) mass is 230 g/mol. The molecular formula is C13H14N2O2. The van der Waals surface area contributed by atoms with E-state index in [0.717, 1.165) is 22.2 Å². The van der Waals surface area contributed by atoms with Crippen molar-refractivity contribution in [1.82, 2.24) is 10.2 Å². The second-order valence-electron chi connectivity index (χ2n) is 4.22. The molecule has 0 bridgehead atoms. The maximum atomic E-state index is 10.9. The number of carboxylic acid groups (broad SMARTS) is 1. The van der Waals surface area contributed by atoms with Crippen molar-refractivity contribution in [2.24, 2.45) is 5.92 Å². The Morgan fingerprint density at radius 1 is 1.35 bits per heavy atom. The third-order valence-electron chi connectivity index (χ3n) is 2.91. The largest absolute Gasteiger partial charge is 0.481 e. The highest BCUT2D eigenvalue weighted by atomic mass is 16.4. The van der Waals surface area contributed by atoms with Gasteiger partial charge in [-0.25, -0.2) is 0 Å². The molecule has 2 aromatic rings. The van der Waals surface area contributed by atoms with Crippen LogP contribution in [0.1, 0.15) is 18.2 Å². The van der Waals surface area contributed by atoms with Crippen molar-refractivity contribution in [3.63, 3.8) is 0 Å². The molecule has 0 aliphatic heterocycles. The van der Waals surface area contributed by atoms with Gasteiger partial charge in [-0.1, -0.05) is 25.1 Å². The molecule has 0 aliphatic carbocycles. The first-order valence-corrected chi connectivity index (χ1v) is 5.53. The Labute approximate surface area is 99.3 Å². The van der Waals surface area contributed by atoms with Crippen molar-refractivity contribution in [2.75, 3.05) is 0 Å². The van der Waals surface area contributed by atoms with Crippen molar-refractivity contribution in [3.8, 4) is 0 Å². The topological polar surface area (TPSA) is 63.1 Å². The molecule has 2 rings (SSSR count). The molecule has 0 saturated heterocycles. The molecule has 0 amide bonds. The van der Waals surface area contributed by atoms with E-state index >= 15 is 0 Å². The molecule has 1 heterocycles. The predicted octanol–water partition coefficient (Wildman–Crippen LogP) is 2.20. The van der Waals surface area contributed by atoms with E-state index in [1.54, 1.807) is 6.92 Å². The summed E-state index contributed by atoms with van der Waals surface area (Å²) in [6.45, 7) is 3.57. The van der Waals surface area contributed by atoms with Crippen LogP contribution in [0.15, 0.2) is 24.3 Å². The number of rotatable bonds is 3. The van der Waals surface area contributed by atoms with Gasteiger partial charge >= 0.3 is 5.97 Å². The highest BCUT2D eigenvalue weighted by molar-refractivity contribution is 5.82. The fourth-order valence-corrected chi connectivity index (χ4v) is 1.85. The highest BCUT2D eigenvalue weighted by Crippen LogP contribution is 2.21. The quantitative estimate of drug-likeness (QED) is 0.878. The van der Waals surface area contributed by atoms with E-state index in [-0.39, 0.29) is 0 Å². The molecule has 1 aromatic heterocycles. The van der Waals surface area contributed by atoms with Gasteiger partial charge < -0.3 is 5.11 Å². The van der Waals surface area contributed by atoms with E-state index < -0.39 is 11.9 Å². The fraction of sp³-hybridized carbons (Fsp3) is 0.308. The average Bonchev–Trinajstić information content (AvgIpc) is 2.32. The summed E-state index contributed by atoms with van der Waals surface area (Å²) in [6.07, 6.45) is 0.483. The van der Waals surface area contributed by atoms with Crippen LogP contribution in [0.5, 0.6) is 0 Å². The molecule has 0 spiro atoms. The van der Waals surface area contributed by atoms with Crippen molar-refractivity contribution in [1.29, 1.82) is 0 Å². The summed E-state index contributed by atoms with van der Waals surface area (Å²) >= 11 is 0. The van der Waals surface area contributed by atoms with Crippen molar-refractivity contribution in [2.45, 2.75) is 20.3 Å². The van der Waals surface area contributed by atoms with E-state index in [1.165, 1.54) is 0 Å². The zero-order valence-electron chi connectivity index (χ0n) is 9.84. The van der Waals surface area contributed by atoms with Crippen LogP contribution in [-0.4, -0.2) is 21.3 Å². The second-order valence-corrected chi connectivity index (χ2v) is 4.22. The van der Waals surface area contributed by atoms with Crippen LogP contribution in [0, 0.1) is 12.8 Å². The van der Waals surface area contributed by atoms with Gasteiger partial charge in [-0.3, -0.25) is 4.79 Å². The molecule has 1 unspecified atom stereocenters. The number of nitrogens with zero attached hydrogens (tertiary/aromatic N) is 2. The molecule has 4 heteroatoms. The molecule has 0 aliphatic rings. The Kier molecular flexibility index (Phi) is 3.04. The van der Waals surface area contributed by atoms with Gasteiger partial charge in [0.25, 0.3) is 0 Å². The zero-order chi connectivity index (χ0) is 12.4. The van der Waals surface area contributed by atoms with Gasteiger partial charge in [0.05, 0.1) is 17.1 Å². The second kappa shape index (κ2) is 4.49. The fourth-order valence-electron chi connectivity index (χ4n) is 1.85. The summed E-state index contributed by atoms with van der Waals surface area (Å²) < 4.78 is 0. The Bertz CT molecular complexity index is 566. The number of hydrogen-bond acceptors (Lipinski definition) is 3. The molecule has 1 atom stereocenters. The van der Waals surface area contributed by atoms with E-state index in [2.05, 4.69) is 10.2 Å². The van der Waals surface area contributed by atoms with Gasteiger partial charge in [0.1, 0.15) is 0 Å². The van der Waals surface area contributed by atoms with Gasteiger partial charge in [0.15, 0.2) is 0 Å². The molecule has 0 fully saturated rings. The lowest BCUT2D eigenvalue weighted by atomic mass is 9.97. The van der Waals surface area contributed by atoms with E-state index in [1.807, 2.05) is 31.2 Å². The lowest BCUT2D eigenvalue weighted by Crippen LogP contribution is -2.14. The number of fused-ring (bicyclic) bond motifs is 1. The number of hydrogen-bond donors (Lipinski definition) is 1. The van der Waals surface area contributed by atoms with Gasteiger partial charge in [-0.05, 0) is 25.0 Å². The van der Waals surface area contributed by atoms with Crippen molar-refractivity contribution in [3.05, 3.63) is 35.5 Å². The van der Waals surface area contributed by atoms with Crippen LogP contribution in [0.3, 0.4) is 0 Å². The number of aromatic nitrogens is 2. The Balaban J connectivity index is 2.51. The van der Waals surface area contributed by atoms with Gasteiger partial charge in [-0.15, -0.1) is 0 Å². The van der Waals surface area contributed by atoms with Gasteiger partial charge in [0, 0.05) is 5.39 Å². The first-order chi connectivity index (χ1) is 8.09. The minimum atomic E-state index is -0.787. The smallest absolute Gasteiger partial charge is 0.306 e. The Morgan fingerprint density at radius 3 is 2.76 bits per heavy atom. The minimum Gasteiger partial charge on any atom is -0.481 e. The molecule has 17 heavy (non-hydrogen) atoms. The summed E-state index contributed by atoms with van der Waals surface area (Å²) in [4.78, 5) is 10.9. The van der Waals surface area contributed by atoms with Gasteiger partial charge in [0.2, 0.25) is 0 Å². The number of carbonyl (C=O) groups is 1. The molecule has 0 saturated carbocycles. The van der Waals surface area contributed by atoms with Crippen molar-refractivity contribution >= 4 is 16.9 Å². The molecule has 4 nitrogen and oxygen atoms in total. The van der Waals surface area contributed by atoms with E-state index in [0.29, 0.717) is 6.42 Å². The van der Waals surface area contributed by atoms with Crippen LogP contribution < -0.4 is 0 Å². The molecular weight excluding hydrogens is 216 g/mol. The van der Waals surface area contributed by atoms with Crippen LogP contribution in [0.2, 0.25) is 0 Å². The van der Waals surface area contributed by atoms with Gasteiger partial charge in [-0.2, -0.15) is 10.2 Å². The Hall–Kier alpha value is -1.97. The maximum absolute atomic E-state index is 10.9. The first-order valence-electron chi connectivity index (χ1n) is 5.53.